The van der Waals surface area contributed by atoms with Crippen molar-refractivity contribution in [1.29, 1.82) is 0 Å². The number of pyridine rings is 1. The van der Waals surface area contributed by atoms with Gasteiger partial charge in [0.25, 0.3) is 0 Å². The highest BCUT2D eigenvalue weighted by Gasteiger charge is 2.25. The molecule has 0 aliphatic heterocycles. The molecule has 0 radical (unpaired) electrons. The average molecular weight is 307 g/mol. The van der Waals surface area contributed by atoms with Gasteiger partial charge in [-0.3, -0.25) is 4.98 Å². The third-order valence-corrected chi connectivity index (χ3v) is 5.32. The maximum absolute atomic E-state index is 12.3. The van der Waals surface area contributed by atoms with Gasteiger partial charge in [0.05, 0.1) is 6.54 Å². The molecule has 1 heterocycles. The molecule has 21 heavy (non-hydrogen) atoms. The van der Waals surface area contributed by atoms with Crippen molar-refractivity contribution in [3.8, 4) is 11.8 Å². The predicted octanol–water partition coefficient (Wildman–Crippen LogP) is 1.11. The van der Waals surface area contributed by atoms with Gasteiger partial charge in [-0.25, -0.2) is 13.1 Å². The van der Waals surface area contributed by atoms with Gasteiger partial charge >= 0.3 is 0 Å². The van der Waals surface area contributed by atoms with Crippen LogP contribution in [0.4, 0.5) is 0 Å². The Morgan fingerprint density at radius 3 is 2.90 bits per heavy atom. The molecule has 1 aromatic heterocycles. The third kappa shape index (κ3) is 4.27. The van der Waals surface area contributed by atoms with Crippen LogP contribution in [-0.2, 0) is 10.0 Å². The average Bonchev–Trinajstić information content (AvgIpc) is 2.89. The summed E-state index contributed by atoms with van der Waals surface area (Å²) in [6.07, 6.45) is 6.32. The van der Waals surface area contributed by atoms with Crippen molar-refractivity contribution in [2.45, 2.75) is 31.1 Å². The number of nitrogens with zero attached hydrogens (tertiary/aromatic N) is 1. The number of hydrogen-bond donors (Lipinski definition) is 2. The minimum absolute atomic E-state index is 0.150. The molecule has 6 heteroatoms. The summed E-state index contributed by atoms with van der Waals surface area (Å²) in [6, 6.07) is 1.52. The van der Waals surface area contributed by atoms with E-state index in [1.807, 2.05) is 0 Å². The molecule has 0 bridgehead atoms. The molecule has 0 saturated heterocycles. The number of nitrogens with one attached hydrogen (secondary N) is 1. The summed E-state index contributed by atoms with van der Waals surface area (Å²) in [7, 11) is -3.53. The van der Waals surface area contributed by atoms with E-state index in [1.165, 1.54) is 31.3 Å². The van der Waals surface area contributed by atoms with Crippen molar-refractivity contribution >= 4 is 10.0 Å². The molecule has 1 fully saturated rings. The van der Waals surface area contributed by atoms with E-state index in [-0.39, 0.29) is 11.4 Å². The maximum Gasteiger partial charge on any atom is 0.242 e. The van der Waals surface area contributed by atoms with E-state index in [0.29, 0.717) is 23.9 Å². The van der Waals surface area contributed by atoms with E-state index in [4.69, 9.17) is 5.73 Å². The first kappa shape index (κ1) is 16.0. The second kappa shape index (κ2) is 7.03. The fourth-order valence-corrected chi connectivity index (χ4v) is 3.69. The van der Waals surface area contributed by atoms with Crippen LogP contribution in [0.1, 0.15) is 31.7 Å². The molecule has 1 aliphatic carbocycles. The van der Waals surface area contributed by atoms with Crippen LogP contribution >= 0.6 is 0 Å². The second-order valence-electron chi connectivity index (χ2n) is 5.44. The molecular weight excluding hydrogens is 286 g/mol. The predicted molar refractivity (Wildman–Crippen MR) is 81.9 cm³/mol. The molecule has 3 N–H and O–H groups in total. The van der Waals surface area contributed by atoms with Crippen LogP contribution in [0.3, 0.4) is 0 Å². The Labute approximate surface area is 126 Å². The number of hydrogen-bond acceptors (Lipinski definition) is 4. The summed E-state index contributed by atoms with van der Waals surface area (Å²) < 4.78 is 27.3. The van der Waals surface area contributed by atoms with E-state index >= 15 is 0 Å². The highest BCUT2D eigenvalue weighted by molar-refractivity contribution is 7.89. The van der Waals surface area contributed by atoms with Crippen LogP contribution < -0.4 is 10.5 Å². The van der Waals surface area contributed by atoms with E-state index in [0.717, 1.165) is 6.42 Å². The van der Waals surface area contributed by atoms with Crippen LogP contribution in [0.2, 0.25) is 0 Å². The van der Waals surface area contributed by atoms with Crippen LogP contribution in [-0.4, -0.2) is 26.5 Å². The Hall–Kier alpha value is -1.42. The third-order valence-electron chi connectivity index (χ3n) is 3.93. The van der Waals surface area contributed by atoms with Crippen LogP contribution in [0.15, 0.2) is 23.4 Å². The molecule has 114 valence electrons. The SMILES string of the molecule is CC1CCCC1CNS(=O)(=O)c1cncc(C#CCN)c1. The molecule has 2 unspecified atom stereocenters. The van der Waals surface area contributed by atoms with Crippen molar-refractivity contribution in [3.05, 3.63) is 24.0 Å². The first-order valence-corrected chi connectivity index (χ1v) is 8.65. The zero-order valence-electron chi connectivity index (χ0n) is 12.2. The summed E-state index contributed by atoms with van der Waals surface area (Å²) >= 11 is 0. The topological polar surface area (TPSA) is 85.1 Å². The lowest BCUT2D eigenvalue weighted by molar-refractivity contribution is 0.414. The molecule has 2 atom stereocenters. The van der Waals surface area contributed by atoms with Crippen molar-refractivity contribution in [3.63, 3.8) is 0 Å². The minimum Gasteiger partial charge on any atom is -0.320 e. The first-order chi connectivity index (χ1) is 10.0. The van der Waals surface area contributed by atoms with Gasteiger partial charge in [0.2, 0.25) is 10.0 Å². The zero-order chi connectivity index (χ0) is 15.3. The Morgan fingerprint density at radius 1 is 1.43 bits per heavy atom. The smallest absolute Gasteiger partial charge is 0.242 e. The largest absolute Gasteiger partial charge is 0.320 e. The standard InChI is InChI=1S/C15H21N3O2S/c1-12-4-2-6-14(12)10-18-21(19,20)15-8-13(5-3-7-16)9-17-11-15/h8-9,11-12,14,18H,2,4,6-7,10,16H2,1H3. The van der Waals surface area contributed by atoms with Crippen molar-refractivity contribution in [1.82, 2.24) is 9.71 Å². The fraction of sp³-hybridized carbons (Fsp3) is 0.533. The van der Waals surface area contributed by atoms with Gasteiger partial charge in [-0.05, 0) is 24.3 Å². The fourth-order valence-electron chi connectivity index (χ4n) is 2.61. The van der Waals surface area contributed by atoms with E-state index in [9.17, 15) is 8.42 Å². The Bertz CT molecular complexity index is 646. The van der Waals surface area contributed by atoms with Crippen molar-refractivity contribution in [2.75, 3.05) is 13.1 Å². The molecule has 1 aliphatic rings. The van der Waals surface area contributed by atoms with E-state index < -0.39 is 10.0 Å². The van der Waals surface area contributed by atoms with E-state index in [2.05, 4.69) is 28.5 Å². The van der Waals surface area contributed by atoms with Gasteiger partial charge in [0.1, 0.15) is 4.90 Å². The first-order valence-electron chi connectivity index (χ1n) is 7.16. The van der Waals surface area contributed by atoms with Gasteiger partial charge in [-0.1, -0.05) is 31.6 Å². The Balaban J connectivity index is 2.08. The molecular formula is C15H21N3O2S. The molecule has 1 saturated carbocycles. The second-order valence-corrected chi connectivity index (χ2v) is 7.20. The molecule has 2 rings (SSSR count). The number of sulfonamides is 1. The summed E-state index contributed by atoms with van der Waals surface area (Å²) in [5, 5.41) is 0. The lowest BCUT2D eigenvalue weighted by Crippen LogP contribution is -2.30. The Kier molecular flexibility index (Phi) is 5.34. The number of rotatable bonds is 4. The maximum atomic E-state index is 12.3. The Morgan fingerprint density at radius 2 is 2.24 bits per heavy atom. The van der Waals surface area contributed by atoms with Crippen molar-refractivity contribution < 1.29 is 8.42 Å². The highest BCUT2D eigenvalue weighted by atomic mass is 32.2. The summed E-state index contributed by atoms with van der Waals surface area (Å²) in [5.41, 5.74) is 5.86. The summed E-state index contributed by atoms with van der Waals surface area (Å²) in [4.78, 5) is 4.09. The van der Waals surface area contributed by atoms with Gasteiger partial charge in [-0.2, -0.15) is 0 Å². The van der Waals surface area contributed by atoms with Crippen molar-refractivity contribution in [2.24, 2.45) is 17.6 Å². The number of nitrogens with two attached hydrogens (primary N) is 1. The molecule has 0 spiro atoms. The number of aromatic nitrogens is 1. The van der Waals surface area contributed by atoms with Crippen LogP contribution in [0.5, 0.6) is 0 Å². The van der Waals surface area contributed by atoms with Gasteiger partial charge < -0.3 is 5.73 Å². The zero-order valence-corrected chi connectivity index (χ0v) is 13.0. The van der Waals surface area contributed by atoms with E-state index in [1.54, 1.807) is 0 Å². The monoisotopic (exact) mass is 307 g/mol. The lowest BCUT2D eigenvalue weighted by Gasteiger charge is -2.16. The molecule has 5 nitrogen and oxygen atoms in total. The summed E-state index contributed by atoms with van der Waals surface area (Å²) in [6.45, 7) is 2.90. The summed E-state index contributed by atoms with van der Waals surface area (Å²) in [5.74, 6) is 6.48. The lowest BCUT2D eigenvalue weighted by atomic mass is 9.99. The van der Waals surface area contributed by atoms with Gasteiger partial charge in [-0.15, -0.1) is 0 Å². The minimum atomic E-state index is -3.53. The van der Waals surface area contributed by atoms with Crippen LogP contribution in [0.25, 0.3) is 0 Å². The molecule has 1 aromatic rings. The molecule has 0 aromatic carbocycles. The highest BCUT2D eigenvalue weighted by Crippen LogP contribution is 2.30. The quantitative estimate of drug-likeness (QED) is 0.816. The van der Waals surface area contributed by atoms with Gasteiger partial charge in [0.15, 0.2) is 0 Å². The van der Waals surface area contributed by atoms with Gasteiger partial charge in [0, 0.05) is 24.5 Å². The normalized spacial score (nSPS) is 21.8. The molecule has 0 amide bonds. The van der Waals surface area contributed by atoms with Crippen LogP contribution in [0, 0.1) is 23.7 Å².